The summed E-state index contributed by atoms with van der Waals surface area (Å²) in [4.78, 5) is 11.6. The van der Waals surface area contributed by atoms with Crippen LogP contribution in [0.2, 0.25) is 0 Å². The van der Waals surface area contributed by atoms with Crippen molar-refractivity contribution in [2.24, 2.45) is 0 Å². The first-order valence-electron chi connectivity index (χ1n) is 5.78. The minimum Gasteiger partial charge on any atom is -0.454 e. The van der Waals surface area contributed by atoms with Gasteiger partial charge in [-0.05, 0) is 23.8 Å². The molecule has 0 spiro atoms. The van der Waals surface area contributed by atoms with Crippen LogP contribution in [0.5, 0.6) is 0 Å². The number of halogens is 1. The fourth-order valence-electron chi connectivity index (χ4n) is 2.21. The van der Waals surface area contributed by atoms with Gasteiger partial charge in [0, 0.05) is 12.0 Å². The lowest BCUT2D eigenvalue weighted by atomic mass is 9.99. The fraction of sp³-hybridized carbons (Fsp3) is 0.133. The van der Waals surface area contributed by atoms with E-state index in [2.05, 4.69) is 0 Å². The summed E-state index contributed by atoms with van der Waals surface area (Å²) in [6.45, 7) is 0. The summed E-state index contributed by atoms with van der Waals surface area (Å²) in [6.07, 6.45) is 0.308. The van der Waals surface area contributed by atoms with Gasteiger partial charge < -0.3 is 4.74 Å². The van der Waals surface area contributed by atoms with Gasteiger partial charge in [0.1, 0.15) is 11.9 Å². The van der Waals surface area contributed by atoms with Crippen LogP contribution in [0.25, 0.3) is 0 Å². The highest BCUT2D eigenvalue weighted by molar-refractivity contribution is 5.94. The first kappa shape index (κ1) is 11.0. The molecule has 90 valence electrons. The number of carbonyl (C=O) groups excluding carboxylic acids is 1. The molecule has 0 radical (unpaired) electrons. The third kappa shape index (κ3) is 1.88. The normalized spacial score (nSPS) is 17.4. The van der Waals surface area contributed by atoms with E-state index >= 15 is 0 Å². The highest BCUT2D eigenvalue weighted by atomic mass is 19.1. The standard InChI is InChI=1S/C15H11FO2/c16-11-7-5-10(6-8-11)9-14-12-3-1-2-4-13(12)15(17)18-14/h1-8,14H,9H2. The Balaban J connectivity index is 1.87. The Morgan fingerprint density at radius 2 is 1.78 bits per heavy atom. The molecule has 1 aliphatic rings. The van der Waals surface area contributed by atoms with Crippen molar-refractivity contribution in [2.75, 3.05) is 0 Å². The smallest absolute Gasteiger partial charge is 0.339 e. The maximum absolute atomic E-state index is 12.8. The van der Waals surface area contributed by atoms with Crippen molar-refractivity contribution >= 4 is 5.97 Å². The molecular formula is C15H11FO2. The van der Waals surface area contributed by atoms with Gasteiger partial charge in [0.05, 0.1) is 5.56 Å². The van der Waals surface area contributed by atoms with Crippen molar-refractivity contribution in [1.82, 2.24) is 0 Å². The van der Waals surface area contributed by atoms with Crippen LogP contribution in [0, 0.1) is 5.82 Å². The van der Waals surface area contributed by atoms with E-state index < -0.39 is 0 Å². The molecule has 1 atom stereocenters. The Hall–Kier alpha value is -2.16. The van der Waals surface area contributed by atoms with Crippen LogP contribution in [0.1, 0.15) is 27.6 Å². The van der Waals surface area contributed by atoms with E-state index in [0.29, 0.717) is 12.0 Å². The molecule has 2 nitrogen and oxygen atoms in total. The van der Waals surface area contributed by atoms with Gasteiger partial charge in [-0.15, -0.1) is 0 Å². The van der Waals surface area contributed by atoms with Gasteiger partial charge in [0.25, 0.3) is 0 Å². The van der Waals surface area contributed by atoms with Gasteiger partial charge >= 0.3 is 5.97 Å². The summed E-state index contributed by atoms with van der Waals surface area (Å²) in [5, 5.41) is 0. The Kier molecular flexibility index (Phi) is 2.59. The van der Waals surface area contributed by atoms with Crippen molar-refractivity contribution in [3.63, 3.8) is 0 Å². The molecule has 0 saturated carbocycles. The van der Waals surface area contributed by atoms with Crippen molar-refractivity contribution < 1.29 is 13.9 Å². The number of hydrogen-bond donors (Lipinski definition) is 0. The van der Waals surface area contributed by atoms with Gasteiger partial charge in [-0.25, -0.2) is 9.18 Å². The summed E-state index contributed by atoms with van der Waals surface area (Å²) < 4.78 is 18.1. The Bertz CT molecular complexity index is 590. The van der Waals surface area contributed by atoms with Crippen LogP contribution in [0.3, 0.4) is 0 Å². The van der Waals surface area contributed by atoms with Gasteiger partial charge in [0.2, 0.25) is 0 Å². The molecule has 2 aromatic carbocycles. The summed E-state index contributed by atoms with van der Waals surface area (Å²) in [7, 11) is 0. The Morgan fingerprint density at radius 1 is 1.06 bits per heavy atom. The van der Waals surface area contributed by atoms with Crippen LogP contribution in [-0.4, -0.2) is 5.97 Å². The van der Waals surface area contributed by atoms with Crippen molar-refractivity contribution in [3.05, 3.63) is 71.0 Å². The minimum atomic E-state index is -0.280. The molecule has 2 aromatic rings. The molecule has 0 N–H and O–H groups in total. The van der Waals surface area contributed by atoms with Crippen LogP contribution in [0.4, 0.5) is 4.39 Å². The maximum Gasteiger partial charge on any atom is 0.339 e. The lowest BCUT2D eigenvalue weighted by molar-refractivity contribution is 0.0387. The molecule has 1 aliphatic heterocycles. The summed E-state index contributed by atoms with van der Waals surface area (Å²) in [6, 6.07) is 13.6. The highest BCUT2D eigenvalue weighted by Crippen LogP contribution is 2.32. The second kappa shape index (κ2) is 4.26. The van der Waals surface area contributed by atoms with E-state index in [9.17, 15) is 9.18 Å². The number of ether oxygens (including phenoxy) is 1. The Labute approximate surface area is 104 Å². The van der Waals surface area contributed by atoms with Crippen molar-refractivity contribution in [1.29, 1.82) is 0 Å². The number of benzene rings is 2. The molecule has 0 aromatic heterocycles. The topological polar surface area (TPSA) is 26.3 Å². The van der Waals surface area contributed by atoms with E-state index in [1.807, 2.05) is 18.2 Å². The lowest BCUT2D eigenvalue weighted by Crippen LogP contribution is -2.02. The zero-order valence-corrected chi connectivity index (χ0v) is 9.60. The van der Waals surface area contributed by atoms with Gasteiger partial charge in [-0.3, -0.25) is 0 Å². The molecular weight excluding hydrogens is 231 g/mol. The van der Waals surface area contributed by atoms with Gasteiger partial charge in [-0.1, -0.05) is 30.3 Å². The second-order valence-corrected chi connectivity index (χ2v) is 4.31. The summed E-state index contributed by atoms with van der Waals surface area (Å²) in [5.74, 6) is -0.541. The molecule has 0 saturated heterocycles. The van der Waals surface area contributed by atoms with E-state index in [0.717, 1.165) is 11.1 Å². The van der Waals surface area contributed by atoms with Gasteiger partial charge in [-0.2, -0.15) is 0 Å². The molecule has 0 aliphatic carbocycles. The number of cyclic esters (lactones) is 1. The molecule has 1 unspecified atom stereocenters. The van der Waals surface area contributed by atoms with Gasteiger partial charge in [0.15, 0.2) is 0 Å². The zero-order valence-electron chi connectivity index (χ0n) is 9.60. The van der Waals surface area contributed by atoms with Crippen molar-refractivity contribution in [2.45, 2.75) is 12.5 Å². The van der Waals surface area contributed by atoms with Crippen molar-refractivity contribution in [3.8, 4) is 0 Å². The number of hydrogen-bond acceptors (Lipinski definition) is 2. The molecule has 3 heteroatoms. The predicted molar refractivity (Wildman–Crippen MR) is 64.7 cm³/mol. The van der Waals surface area contributed by atoms with E-state index in [-0.39, 0.29) is 17.9 Å². The Morgan fingerprint density at radius 3 is 2.56 bits per heavy atom. The lowest BCUT2D eigenvalue weighted by Gasteiger charge is -2.10. The molecule has 18 heavy (non-hydrogen) atoms. The third-order valence-corrected chi connectivity index (χ3v) is 3.11. The number of fused-ring (bicyclic) bond motifs is 1. The first-order valence-corrected chi connectivity index (χ1v) is 5.78. The first-order chi connectivity index (χ1) is 8.74. The number of rotatable bonds is 2. The van der Waals surface area contributed by atoms with E-state index in [1.54, 1.807) is 18.2 Å². The van der Waals surface area contributed by atoms with Crippen LogP contribution in [-0.2, 0) is 11.2 Å². The quantitative estimate of drug-likeness (QED) is 0.755. The maximum atomic E-state index is 12.8. The molecule has 3 rings (SSSR count). The average molecular weight is 242 g/mol. The van der Waals surface area contributed by atoms with Crippen LogP contribution >= 0.6 is 0 Å². The van der Waals surface area contributed by atoms with Crippen LogP contribution in [0.15, 0.2) is 48.5 Å². The minimum absolute atomic E-state index is 0.262. The fourth-order valence-corrected chi connectivity index (χ4v) is 2.21. The second-order valence-electron chi connectivity index (χ2n) is 4.31. The monoisotopic (exact) mass is 242 g/mol. The van der Waals surface area contributed by atoms with Crippen LogP contribution < -0.4 is 0 Å². The molecule has 0 bridgehead atoms. The molecule has 0 amide bonds. The summed E-state index contributed by atoms with van der Waals surface area (Å²) in [5.41, 5.74) is 2.49. The van der Waals surface area contributed by atoms with E-state index in [1.165, 1.54) is 12.1 Å². The number of esters is 1. The number of carbonyl (C=O) groups is 1. The predicted octanol–water partition coefficient (Wildman–Crippen LogP) is 3.28. The highest BCUT2D eigenvalue weighted by Gasteiger charge is 2.30. The third-order valence-electron chi connectivity index (χ3n) is 3.11. The average Bonchev–Trinajstić information content (AvgIpc) is 2.70. The summed E-state index contributed by atoms with van der Waals surface area (Å²) >= 11 is 0. The largest absolute Gasteiger partial charge is 0.454 e. The zero-order chi connectivity index (χ0) is 12.5. The van der Waals surface area contributed by atoms with E-state index in [4.69, 9.17) is 4.74 Å². The molecule has 1 heterocycles. The SMILES string of the molecule is O=C1OC(Cc2ccc(F)cc2)c2ccccc21. The molecule has 0 fully saturated rings.